The zero-order valence-electron chi connectivity index (χ0n) is 25.1. The maximum atomic E-state index is 13.4. The molecule has 8 nitrogen and oxygen atoms in total. The molecule has 1 N–H and O–H groups in total. The van der Waals surface area contributed by atoms with Crippen molar-refractivity contribution in [2.24, 2.45) is 4.99 Å². The predicted molar refractivity (Wildman–Crippen MR) is 177 cm³/mol. The molecule has 3 aromatic carbocycles. The first-order chi connectivity index (χ1) is 21.4. The molecule has 0 aliphatic carbocycles. The van der Waals surface area contributed by atoms with Crippen molar-refractivity contribution in [3.63, 3.8) is 0 Å². The molecule has 1 heterocycles. The standard InChI is InChI=1S/C34H38ClN3O5S/c1-3-5-6-7-22-43-29-18-16-27(17-19-29)36-32(40)30-23-31(39)38(21-20-24-8-12-26(35)13-9-24)34(44-30)37-28-14-10-25(11-15-28)33(41)42-4-2/h8-19,30H,3-7,20-23H2,1-2H3,(H,36,40). The number of anilines is 1. The van der Waals surface area contributed by atoms with E-state index in [9.17, 15) is 14.4 Å². The molecular weight excluding hydrogens is 598 g/mol. The van der Waals surface area contributed by atoms with Gasteiger partial charge in [-0.3, -0.25) is 14.5 Å². The van der Waals surface area contributed by atoms with Crippen LogP contribution in [-0.4, -0.2) is 52.9 Å². The Labute approximate surface area is 268 Å². The number of ether oxygens (including phenoxy) is 2. The van der Waals surface area contributed by atoms with Gasteiger partial charge in [-0.05, 0) is 86.0 Å². The monoisotopic (exact) mass is 635 g/mol. The van der Waals surface area contributed by atoms with Crippen LogP contribution >= 0.6 is 23.4 Å². The van der Waals surface area contributed by atoms with Crippen molar-refractivity contribution < 1.29 is 23.9 Å². The van der Waals surface area contributed by atoms with E-state index in [1.54, 1.807) is 48.2 Å². The number of hydrogen-bond acceptors (Lipinski definition) is 7. The van der Waals surface area contributed by atoms with E-state index in [1.807, 2.05) is 36.4 Å². The van der Waals surface area contributed by atoms with Crippen LogP contribution in [-0.2, 0) is 20.7 Å². The molecule has 1 unspecified atom stereocenters. The number of carbonyl (C=O) groups excluding carboxylic acids is 3. The minimum absolute atomic E-state index is 0.0386. The molecule has 0 radical (unpaired) electrons. The fourth-order valence-electron chi connectivity index (χ4n) is 4.53. The Hall–Kier alpha value is -3.82. The third-order valence-corrected chi connectivity index (χ3v) is 8.40. The smallest absolute Gasteiger partial charge is 0.338 e. The van der Waals surface area contributed by atoms with Crippen LogP contribution in [0.4, 0.5) is 11.4 Å². The second kappa shape index (κ2) is 16.9. The van der Waals surface area contributed by atoms with Gasteiger partial charge in [-0.15, -0.1) is 0 Å². The summed E-state index contributed by atoms with van der Waals surface area (Å²) in [5.74, 6) is -0.130. The van der Waals surface area contributed by atoms with Gasteiger partial charge in [-0.25, -0.2) is 9.79 Å². The lowest BCUT2D eigenvalue weighted by Gasteiger charge is -2.32. The van der Waals surface area contributed by atoms with E-state index in [2.05, 4.69) is 12.2 Å². The molecule has 1 saturated heterocycles. The van der Waals surface area contributed by atoms with E-state index in [1.165, 1.54) is 24.6 Å². The summed E-state index contributed by atoms with van der Waals surface area (Å²) in [7, 11) is 0. The summed E-state index contributed by atoms with van der Waals surface area (Å²) in [6, 6.07) is 21.4. The topological polar surface area (TPSA) is 97.3 Å². The highest BCUT2D eigenvalue weighted by Crippen LogP contribution is 2.31. The summed E-state index contributed by atoms with van der Waals surface area (Å²) < 4.78 is 10.9. The summed E-state index contributed by atoms with van der Waals surface area (Å²) in [4.78, 5) is 45.2. The van der Waals surface area contributed by atoms with Crippen LogP contribution < -0.4 is 10.1 Å². The third kappa shape index (κ3) is 9.86. The minimum atomic E-state index is -0.665. The summed E-state index contributed by atoms with van der Waals surface area (Å²) in [5, 5.41) is 3.33. The average Bonchev–Trinajstić information content (AvgIpc) is 3.02. The van der Waals surface area contributed by atoms with E-state index in [0.29, 0.717) is 46.7 Å². The summed E-state index contributed by atoms with van der Waals surface area (Å²) in [5.41, 5.74) is 2.61. The number of amidine groups is 1. The van der Waals surface area contributed by atoms with Crippen molar-refractivity contribution in [2.75, 3.05) is 25.1 Å². The molecule has 1 atom stereocenters. The van der Waals surface area contributed by atoms with E-state index in [-0.39, 0.29) is 24.8 Å². The molecule has 10 heteroatoms. The largest absolute Gasteiger partial charge is 0.494 e. The molecule has 0 aromatic heterocycles. The van der Waals surface area contributed by atoms with E-state index in [0.717, 1.165) is 24.2 Å². The molecule has 1 aliphatic rings. The number of benzene rings is 3. The first-order valence-corrected chi connectivity index (χ1v) is 16.2. The van der Waals surface area contributed by atoms with Crippen LogP contribution in [0, 0.1) is 0 Å². The van der Waals surface area contributed by atoms with Gasteiger partial charge >= 0.3 is 5.97 Å². The molecule has 232 valence electrons. The highest BCUT2D eigenvalue weighted by molar-refractivity contribution is 8.15. The number of thioether (sulfide) groups is 1. The number of hydrogen-bond donors (Lipinski definition) is 1. The third-order valence-electron chi connectivity index (χ3n) is 6.96. The van der Waals surface area contributed by atoms with E-state index in [4.69, 9.17) is 26.1 Å². The Bertz CT molecular complexity index is 1430. The molecule has 4 rings (SSSR count). The van der Waals surface area contributed by atoms with Gasteiger partial charge in [0.1, 0.15) is 11.0 Å². The van der Waals surface area contributed by atoms with Crippen LogP contribution in [0.5, 0.6) is 5.75 Å². The predicted octanol–water partition coefficient (Wildman–Crippen LogP) is 7.68. The number of halogens is 1. The minimum Gasteiger partial charge on any atom is -0.494 e. The lowest BCUT2D eigenvalue weighted by Crippen LogP contribution is -2.46. The maximum Gasteiger partial charge on any atom is 0.338 e. The number of rotatable bonds is 14. The Kier molecular flexibility index (Phi) is 12.7. The van der Waals surface area contributed by atoms with Crippen LogP contribution in [0.25, 0.3) is 0 Å². The van der Waals surface area contributed by atoms with Gasteiger partial charge in [0.2, 0.25) is 11.8 Å². The van der Waals surface area contributed by atoms with Gasteiger partial charge in [0.15, 0.2) is 5.17 Å². The number of carbonyl (C=O) groups is 3. The molecule has 2 amide bonds. The highest BCUT2D eigenvalue weighted by atomic mass is 35.5. The molecule has 0 saturated carbocycles. The number of esters is 1. The molecule has 0 bridgehead atoms. The van der Waals surface area contributed by atoms with Crippen LogP contribution in [0.2, 0.25) is 5.02 Å². The molecule has 3 aromatic rings. The van der Waals surface area contributed by atoms with Crippen LogP contribution in [0.15, 0.2) is 77.8 Å². The number of aliphatic imine (C=N–C) groups is 1. The quantitative estimate of drug-likeness (QED) is 0.144. The SMILES string of the molecule is CCCCCCOc1ccc(NC(=O)C2CC(=O)N(CCc3ccc(Cl)cc3)C(=Nc3ccc(C(=O)OCC)cc3)S2)cc1. The van der Waals surface area contributed by atoms with Crippen molar-refractivity contribution in [1.82, 2.24) is 4.90 Å². The molecule has 44 heavy (non-hydrogen) atoms. The number of amides is 2. The number of nitrogens with one attached hydrogen (secondary N) is 1. The van der Waals surface area contributed by atoms with Gasteiger partial charge in [0.25, 0.3) is 0 Å². The first-order valence-electron chi connectivity index (χ1n) is 15.0. The lowest BCUT2D eigenvalue weighted by molar-refractivity contribution is -0.129. The Morgan fingerprint density at radius 1 is 0.977 bits per heavy atom. The number of unbranched alkanes of at least 4 members (excludes halogenated alkanes) is 3. The van der Waals surface area contributed by atoms with Crippen molar-refractivity contribution in [3.05, 3.63) is 88.9 Å². The normalized spacial score (nSPS) is 15.7. The summed E-state index contributed by atoms with van der Waals surface area (Å²) >= 11 is 7.28. The van der Waals surface area contributed by atoms with E-state index < -0.39 is 11.2 Å². The maximum absolute atomic E-state index is 13.4. The Balaban J connectivity index is 1.45. The van der Waals surface area contributed by atoms with Gasteiger partial charge in [-0.2, -0.15) is 0 Å². The lowest BCUT2D eigenvalue weighted by atomic mass is 10.1. The molecule has 1 fully saturated rings. The molecular formula is C34H38ClN3O5S. The first kappa shape index (κ1) is 33.1. The second-order valence-electron chi connectivity index (χ2n) is 10.3. The fraction of sp³-hybridized carbons (Fsp3) is 0.353. The molecule has 1 aliphatic heterocycles. The number of nitrogens with zero attached hydrogens (tertiary/aromatic N) is 2. The second-order valence-corrected chi connectivity index (χ2v) is 11.9. The highest BCUT2D eigenvalue weighted by Gasteiger charge is 2.35. The zero-order chi connectivity index (χ0) is 31.3. The van der Waals surface area contributed by atoms with Crippen molar-refractivity contribution in [1.29, 1.82) is 0 Å². The van der Waals surface area contributed by atoms with Crippen LogP contribution in [0.1, 0.15) is 61.9 Å². The summed E-state index contributed by atoms with van der Waals surface area (Å²) in [6.45, 7) is 5.26. The zero-order valence-corrected chi connectivity index (χ0v) is 26.7. The van der Waals surface area contributed by atoms with Gasteiger partial charge in [0.05, 0.1) is 24.5 Å². The Morgan fingerprint density at radius 2 is 1.70 bits per heavy atom. The summed E-state index contributed by atoms with van der Waals surface area (Å²) in [6.07, 6.45) is 5.16. The van der Waals surface area contributed by atoms with Crippen LogP contribution in [0.3, 0.4) is 0 Å². The van der Waals surface area contributed by atoms with Crippen molar-refractivity contribution in [3.8, 4) is 5.75 Å². The van der Waals surface area contributed by atoms with Gasteiger partial charge < -0.3 is 14.8 Å². The van der Waals surface area contributed by atoms with Crippen molar-refractivity contribution in [2.45, 2.75) is 57.6 Å². The van der Waals surface area contributed by atoms with Crippen molar-refractivity contribution >= 4 is 57.7 Å². The Morgan fingerprint density at radius 3 is 2.39 bits per heavy atom. The average molecular weight is 636 g/mol. The molecule has 0 spiro atoms. The van der Waals surface area contributed by atoms with Gasteiger partial charge in [-0.1, -0.05) is 61.7 Å². The van der Waals surface area contributed by atoms with Gasteiger partial charge in [0, 0.05) is 23.7 Å². The fourth-order valence-corrected chi connectivity index (χ4v) is 5.78. The van der Waals surface area contributed by atoms with E-state index >= 15 is 0 Å².